The fraction of sp³-hybridized carbons (Fsp3) is 0.667. The van der Waals surface area contributed by atoms with Crippen molar-refractivity contribution in [1.82, 2.24) is 20.0 Å². The molecule has 4 heterocycles. The minimum Gasteiger partial charge on any atom is -0.471 e. The Morgan fingerprint density at radius 3 is 2.85 bits per heavy atom. The zero-order valence-corrected chi connectivity index (χ0v) is 14.7. The first-order valence-corrected chi connectivity index (χ1v) is 9.31. The summed E-state index contributed by atoms with van der Waals surface area (Å²) in [7, 11) is 0. The van der Waals surface area contributed by atoms with Crippen LogP contribution >= 0.6 is 0 Å². The normalized spacial score (nSPS) is 27.2. The van der Waals surface area contributed by atoms with E-state index in [0.717, 1.165) is 19.3 Å². The Hall–Kier alpha value is -2.22. The molecular formula is C18H24N4O4. The minimum atomic E-state index is -0.236. The fourth-order valence-electron chi connectivity index (χ4n) is 4.05. The van der Waals surface area contributed by atoms with Crippen LogP contribution in [0.4, 0.5) is 0 Å². The third-order valence-electron chi connectivity index (χ3n) is 5.43. The summed E-state index contributed by atoms with van der Waals surface area (Å²) in [4.78, 5) is 29.0. The minimum absolute atomic E-state index is 0.0677. The molecule has 1 aromatic rings. The lowest BCUT2D eigenvalue weighted by molar-refractivity contribution is -0.135. The average molecular weight is 360 g/mol. The van der Waals surface area contributed by atoms with Crippen LogP contribution in [0.15, 0.2) is 18.3 Å². The van der Waals surface area contributed by atoms with E-state index in [1.165, 1.54) is 0 Å². The van der Waals surface area contributed by atoms with Gasteiger partial charge in [0.15, 0.2) is 0 Å². The summed E-state index contributed by atoms with van der Waals surface area (Å²) in [6, 6.07) is 3.76. The van der Waals surface area contributed by atoms with Gasteiger partial charge in [-0.2, -0.15) is 5.10 Å². The Morgan fingerprint density at radius 1 is 1.23 bits per heavy atom. The largest absolute Gasteiger partial charge is 0.471 e. The van der Waals surface area contributed by atoms with Crippen molar-refractivity contribution in [2.45, 2.75) is 37.8 Å². The van der Waals surface area contributed by atoms with Gasteiger partial charge in [0, 0.05) is 57.4 Å². The molecule has 0 N–H and O–H groups in total. The van der Waals surface area contributed by atoms with Crippen LogP contribution in [-0.4, -0.2) is 76.8 Å². The van der Waals surface area contributed by atoms with E-state index in [0.29, 0.717) is 45.1 Å². The van der Waals surface area contributed by atoms with Crippen molar-refractivity contribution < 1.29 is 19.1 Å². The molecule has 0 saturated carbocycles. The van der Waals surface area contributed by atoms with Gasteiger partial charge >= 0.3 is 0 Å². The number of hydrogen-bond donors (Lipinski definition) is 0. The second-order valence-corrected chi connectivity index (χ2v) is 7.17. The quantitative estimate of drug-likeness (QED) is 0.777. The molecule has 0 bridgehead atoms. The van der Waals surface area contributed by atoms with Crippen molar-refractivity contribution in [2.75, 3.05) is 32.8 Å². The Balaban J connectivity index is 1.31. The first-order valence-electron chi connectivity index (χ1n) is 9.31. The highest BCUT2D eigenvalue weighted by Gasteiger charge is 2.41. The van der Waals surface area contributed by atoms with E-state index in [1.807, 2.05) is 9.80 Å². The Kier molecular flexibility index (Phi) is 5.01. The lowest BCUT2D eigenvalue weighted by Gasteiger charge is -2.31. The molecule has 2 amide bonds. The molecule has 0 aromatic carbocycles. The third kappa shape index (κ3) is 3.65. The van der Waals surface area contributed by atoms with E-state index in [-0.39, 0.29) is 29.9 Å². The maximum atomic E-state index is 12.9. The molecule has 0 spiro atoms. The second kappa shape index (κ2) is 7.57. The van der Waals surface area contributed by atoms with E-state index in [1.54, 1.807) is 18.3 Å². The number of aromatic nitrogens is 2. The summed E-state index contributed by atoms with van der Waals surface area (Å²) in [6.45, 7) is 3.12. The Bertz CT molecular complexity index is 650. The maximum absolute atomic E-state index is 12.9. The van der Waals surface area contributed by atoms with Crippen molar-refractivity contribution in [2.24, 2.45) is 5.92 Å². The number of carbonyl (C=O) groups excluding carboxylic acids is 2. The predicted octanol–water partition coefficient (Wildman–Crippen LogP) is 0.484. The lowest BCUT2D eigenvalue weighted by Crippen LogP contribution is -2.42. The topological polar surface area (TPSA) is 84.9 Å². The molecule has 140 valence electrons. The smallest absolute Gasteiger partial charge is 0.233 e. The monoisotopic (exact) mass is 360 g/mol. The SMILES string of the molecule is O=C([C@H]1CC(=O)N(C2CCOCC2)C1)N1CC[C@H](Oc2cccnn2)C1. The number of amides is 2. The van der Waals surface area contributed by atoms with Gasteiger partial charge in [0.25, 0.3) is 0 Å². The highest BCUT2D eigenvalue weighted by molar-refractivity contribution is 5.89. The molecule has 4 rings (SSSR count). The molecule has 3 aliphatic rings. The standard InChI is InChI=1S/C18H24N4O4/c23-17-10-13(11-22(17)14-4-8-25-9-5-14)18(24)21-7-3-15(12-21)26-16-2-1-6-19-20-16/h1-2,6,13-15H,3-5,7-12H2/t13-,15-/m0/s1. The van der Waals surface area contributed by atoms with Gasteiger partial charge in [0.05, 0.1) is 12.5 Å². The molecule has 26 heavy (non-hydrogen) atoms. The van der Waals surface area contributed by atoms with Crippen LogP contribution in [0.25, 0.3) is 0 Å². The van der Waals surface area contributed by atoms with Crippen LogP contribution in [0.2, 0.25) is 0 Å². The van der Waals surface area contributed by atoms with Crippen LogP contribution in [0.3, 0.4) is 0 Å². The number of rotatable bonds is 4. The van der Waals surface area contributed by atoms with E-state index in [4.69, 9.17) is 9.47 Å². The summed E-state index contributed by atoms with van der Waals surface area (Å²) in [5.74, 6) is 0.411. The zero-order chi connectivity index (χ0) is 17.9. The van der Waals surface area contributed by atoms with Gasteiger partial charge in [-0.15, -0.1) is 5.10 Å². The van der Waals surface area contributed by atoms with Crippen molar-refractivity contribution in [3.8, 4) is 5.88 Å². The van der Waals surface area contributed by atoms with Gasteiger partial charge in [-0.3, -0.25) is 9.59 Å². The molecule has 0 radical (unpaired) electrons. The van der Waals surface area contributed by atoms with Crippen LogP contribution in [0.5, 0.6) is 5.88 Å². The van der Waals surface area contributed by atoms with E-state index >= 15 is 0 Å². The van der Waals surface area contributed by atoms with Crippen molar-refractivity contribution >= 4 is 11.8 Å². The lowest BCUT2D eigenvalue weighted by atomic mass is 10.1. The molecule has 3 aliphatic heterocycles. The summed E-state index contributed by atoms with van der Waals surface area (Å²) in [5, 5.41) is 7.72. The van der Waals surface area contributed by atoms with E-state index in [9.17, 15) is 9.59 Å². The number of likely N-dealkylation sites (tertiary alicyclic amines) is 2. The fourth-order valence-corrected chi connectivity index (χ4v) is 4.05. The molecule has 3 saturated heterocycles. The average Bonchev–Trinajstić information content (AvgIpc) is 3.29. The van der Waals surface area contributed by atoms with Gasteiger partial charge < -0.3 is 19.3 Å². The molecule has 3 fully saturated rings. The number of ether oxygens (including phenoxy) is 2. The third-order valence-corrected chi connectivity index (χ3v) is 5.43. The molecular weight excluding hydrogens is 336 g/mol. The Morgan fingerprint density at radius 2 is 2.08 bits per heavy atom. The first-order chi connectivity index (χ1) is 12.7. The molecule has 1 aromatic heterocycles. The van der Waals surface area contributed by atoms with Crippen molar-refractivity contribution in [3.63, 3.8) is 0 Å². The molecule has 2 atom stereocenters. The number of carbonyl (C=O) groups is 2. The number of nitrogens with zero attached hydrogens (tertiary/aromatic N) is 4. The zero-order valence-electron chi connectivity index (χ0n) is 14.7. The summed E-state index contributed by atoms with van der Waals surface area (Å²) < 4.78 is 11.2. The molecule has 8 heteroatoms. The number of hydrogen-bond acceptors (Lipinski definition) is 6. The first kappa shape index (κ1) is 17.2. The maximum Gasteiger partial charge on any atom is 0.233 e. The van der Waals surface area contributed by atoms with Crippen LogP contribution < -0.4 is 4.74 Å². The van der Waals surface area contributed by atoms with Crippen LogP contribution in [-0.2, 0) is 14.3 Å². The van der Waals surface area contributed by atoms with E-state index < -0.39 is 0 Å². The van der Waals surface area contributed by atoms with E-state index in [2.05, 4.69) is 10.2 Å². The van der Waals surface area contributed by atoms with Crippen molar-refractivity contribution in [3.05, 3.63) is 18.3 Å². The Labute approximate surface area is 152 Å². The second-order valence-electron chi connectivity index (χ2n) is 7.17. The van der Waals surface area contributed by atoms with Crippen LogP contribution in [0.1, 0.15) is 25.7 Å². The van der Waals surface area contributed by atoms with Crippen LogP contribution in [0, 0.1) is 5.92 Å². The van der Waals surface area contributed by atoms with Gasteiger partial charge in [0.1, 0.15) is 6.10 Å². The summed E-state index contributed by atoms with van der Waals surface area (Å²) in [5.41, 5.74) is 0. The highest BCUT2D eigenvalue weighted by atomic mass is 16.5. The van der Waals surface area contributed by atoms with Gasteiger partial charge in [-0.25, -0.2) is 0 Å². The highest BCUT2D eigenvalue weighted by Crippen LogP contribution is 2.27. The van der Waals surface area contributed by atoms with Gasteiger partial charge in [-0.1, -0.05) is 0 Å². The summed E-state index contributed by atoms with van der Waals surface area (Å²) >= 11 is 0. The van der Waals surface area contributed by atoms with Gasteiger partial charge in [0.2, 0.25) is 17.7 Å². The molecule has 0 unspecified atom stereocenters. The molecule has 8 nitrogen and oxygen atoms in total. The molecule has 0 aliphatic carbocycles. The van der Waals surface area contributed by atoms with Gasteiger partial charge in [-0.05, 0) is 18.9 Å². The summed E-state index contributed by atoms with van der Waals surface area (Å²) in [6.07, 6.45) is 4.35. The predicted molar refractivity (Wildman–Crippen MR) is 91.3 cm³/mol. The van der Waals surface area contributed by atoms with Crippen molar-refractivity contribution in [1.29, 1.82) is 0 Å².